The molecule has 0 heterocycles. The highest BCUT2D eigenvalue weighted by molar-refractivity contribution is 5.95. The first-order valence-electron chi connectivity index (χ1n) is 9.91. The largest absolute Gasteiger partial charge is 0.481 e. The molecule has 0 rings (SSSR count). The molecule has 0 radical (unpaired) electrons. The number of hydrogen-bond acceptors (Lipinski definition) is 6. The number of carboxylic acids is 2. The minimum absolute atomic E-state index is 0.00248. The van der Waals surface area contributed by atoms with Gasteiger partial charge < -0.3 is 31.9 Å². The first-order valence-corrected chi connectivity index (χ1v) is 9.91. The summed E-state index contributed by atoms with van der Waals surface area (Å²) in [6.45, 7) is 8.47. The molecule has 0 spiro atoms. The quantitative estimate of drug-likeness (QED) is 0.224. The van der Waals surface area contributed by atoms with Gasteiger partial charge in [-0.05, 0) is 25.2 Å². The predicted octanol–water partition coefficient (Wildman–Crippen LogP) is -0.560. The summed E-state index contributed by atoms with van der Waals surface area (Å²) in [7, 11) is 0. The first kappa shape index (κ1) is 27.3. The molecule has 5 unspecified atom stereocenters. The number of carboxylic acid groups (broad SMARTS) is 2. The zero-order chi connectivity index (χ0) is 23.6. The molecular weight excluding hydrogens is 396 g/mol. The van der Waals surface area contributed by atoms with E-state index in [1.165, 1.54) is 6.92 Å². The van der Waals surface area contributed by atoms with Gasteiger partial charge in [0.05, 0.1) is 12.5 Å². The van der Waals surface area contributed by atoms with Gasteiger partial charge in [-0.1, -0.05) is 34.1 Å². The molecule has 0 bridgehead atoms. The molecule has 11 heteroatoms. The zero-order valence-corrected chi connectivity index (χ0v) is 18.1. The van der Waals surface area contributed by atoms with E-state index in [4.69, 9.17) is 10.8 Å². The van der Waals surface area contributed by atoms with Crippen LogP contribution in [0.5, 0.6) is 0 Å². The van der Waals surface area contributed by atoms with E-state index in [0.717, 1.165) is 0 Å². The molecule has 0 aliphatic rings. The van der Waals surface area contributed by atoms with Gasteiger partial charge in [-0.2, -0.15) is 0 Å². The number of amides is 3. The molecule has 172 valence electrons. The van der Waals surface area contributed by atoms with E-state index in [1.807, 2.05) is 13.8 Å². The number of rotatable bonds is 13. The highest BCUT2D eigenvalue weighted by atomic mass is 16.4. The van der Waals surface area contributed by atoms with Crippen LogP contribution in [-0.2, 0) is 24.0 Å². The maximum Gasteiger partial charge on any atom is 0.326 e. The minimum Gasteiger partial charge on any atom is -0.481 e. The van der Waals surface area contributed by atoms with Gasteiger partial charge >= 0.3 is 11.9 Å². The van der Waals surface area contributed by atoms with E-state index in [-0.39, 0.29) is 12.3 Å². The fourth-order valence-corrected chi connectivity index (χ4v) is 2.60. The molecule has 0 aromatic carbocycles. The normalized spacial score (nSPS) is 16.0. The SMILES string of the molecule is CCC(C)C(NC(=O)C(CC(=O)O)NC(=O)C(CC(C)C)NC(=O)C(C)N)C(=O)O. The van der Waals surface area contributed by atoms with Crippen molar-refractivity contribution in [2.24, 2.45) is 17.6 Å². The number of carbonyl (C=O) groups excluding carboxylic acids is 3. The Hall–Kier alpha value is -2.69. The lowest BCUT2D eigenvalue weighted by Gasteiger charge is -2.26. The highest BCUT2D eigenvalue weighted by Gasteiger charge is 2.32. The van der Waals surface area contributed by atoms with E-state index >= 15 is 0 Å². The van der Waals surface area contributed by atoms with E-state index in [9.17, 15) is 29.1 Å². The summed E-state index contributed by atoms with van der Waals surface area (Å²) in [4.78, 5) is 59.8. The van der Waals surface area contributed by atoms with Gasteiger partial charge in [0.2, 0.25) is 17.7 Å². The predicted molar refractivity (Wildman–Crippen MR) is 108 cm³/mol. The molecule has 7 N–H and O–H groups in total. The van der Waals surface area contributed by atoms with Crippen LogP contribution in [0.2, 0.25) is 0 Å². The Morgan fingerprint density at radius 2 is 1.33 bits per heavy atom. The van der Waals surface area contributed by atoms with Crippen molar-refractivity contribution in [3.05, 3.63) is 0 Å². The Balaban J connectivity index is 5.50. The van der Waals surface area contributed by atoms with E-state index < -0.39 is 66.2 Å². The van der Waals surface area contributed by atoms with Gasteiger partial charge in [-0.3, -0.25) is 19.2 Å². The van der Waals surface area contributed by atoms with Crippen molar-refractivity contribution in [1.29, 1.82) is 0 Å². The van der Waals surface area contributed by atoms with Crippen molar-refractivity contribution in [3.8, 4) is 0 Å². The van der Waals surface area contributed by atoms with Crippen LogP contribution in [-0.4, -0.2) is 64.0 Å². The Morgan fingerprint density at radius 1 is 0.833 bits per heavy atom. The van der Waals surface area contributed by atoms with Crippen LogP contribution in [0.4, 0.5) is 0 Å². The Bertz CT molecular complexity index is 636. The smallest absolute Gasteiger partial charge is 0.326 e. The summed E-state index contributed by atoms with van der Waals surface area (Å²) >= 11 is 0. The average Bonchev–Trinajstić information content (AvgIpc) is 2.62. The van der Waals surface area contributed by atoms with Gasteiger partial charge in [0, 0.05) is 0 Å². The van der Waals surface area contributed by atoms with Crippen LogP contribution in [0.1, 0.15) is 53.9 Å². The van der Waals surface area contributed by atoms with Gasteiger partial charge in [0.1, 0.15) is 18.1 Å². The van der Waals surface area contributed by atoms with Crippen molar-refractivity contribution in [1.82, 2.24) is 16.0 Å². The van der Waals surface area contributed by atoms with Crippen LogP contribution in [0.25, 0.3) is 0 Å². The van der Waals surface area contributed by atoms with Crippen LogP contribution in [0.15, 0.2) is 0 Å². The molecule has 0 aliphatic carbocycles. The topological polar surface area (TPSA) is 188 Å². The fraction of sp³-hybridized carbons (Fsp3) is 0.737. The van der Waals surface area contributed by atoms with Gasteiger partial charge in [0.25, 0.3) is 0 Å². The van der Waals surface area contributed by atoms with Gasteiger partial charge in [-0.25, -0.2) is 4.79 Å². The molecule has 0 aliphatic heterocycles. The Morgan fingerprint density at radius 3 is 1.73 bits per heavy atom. The maximum absolute atomic E-state index is 12.7. The third kappa shape index (κ3) is 9.68. The number of nitrogens with two attached hydrogens (primary N) is 1. The average molecular weight is 431 g/mol. The summed E-state index contributed by atoms with van der Waals surface area (Å²) in [5.74, 6) is -5.28. The van der Waals surface area contributed by atoms with Crippen molar-refractivity contribution in [2.75, 3.05) is 0 Å². The first-order chi connectivity index (χ1) is 13.8. The Kier molecular flexibility index (Phi) is 11.6. The molecule has 30 heavy (non-hydrogen) atoms. The van der Waals surface area contributed by atoms with E-state index in [0.29, 0.717) is 6.42 Å². The van der Waals surface area contributed by atoms with Crippen LogP contribution >= 0.6 is 0 Å². The third-order valence-electron chi connectivity index (χ3n) is 4.54. The second kappa shape index (κ2) is 12.8. The molecule has 0 saturated carbocycles. The molecule has 5 atom stereocenters. The number of hydrogen-bond donors (Lipinski definition) is 6. The molecule has 0 saturated heterocycles. The summed E-state index contributed by atoms with van der Waals surface area (Å²) in [6.07, 6.45) is -0.0522. The summed E-state index contributed by atoms with van der Waals surface area (Å²) in [6, 6.07) is -4.64. The van der Waals surface area contributed by atoms with E-state index in [1.54, 1.807) is 13.8 Å². The van der Waals surface area contributed by atoms with Crippen molar-refractivity contribution >= 4 is 29.7 Å². The second-order valence-electron chi connectivity index (χ2n) is 7.85. The lowest BCUT2D eigenvalue weighted by atomic mass is 9.98. The molecule has 0 fully saturated rings. The molecule has 0 aromatic rings. The zero-order valence-electron chi connectivity index (χ0n) is 18.1. The molecule has 11 nitrogen and oxygen atoms in total. The summed E-state index contributed by atoms with van der Waals surface area (Å²) < 4.78 is 0. The third-order valence-corrected chi connectivity index (χ3v) is 4.54. The van der Waals surface area contributed by atoms with Crippen molar-refractivity contribution in [3.63, 3.8) is 0 Å². The highest BCUT2D eigenvalue weighted by Crippen LogP contribution is 2.10. The number of aliphatic carboxylic acids is 2. The number of nitrogens with one attached hydrogen (secondary N) is 3. The fourth-order valence-electron chi connectivity index (χ4n) is 2.60. The Labute approximate surface area is 176 Å². The summed E-state index contributed by atoms with van der Waals surface area (Å²) in [5.41, 5.74) is 5.51. The summed E-state index contributed by atoms with van der Waals surface area (Å²) in [5, 5.41) is 25.5. The van der Waals surface area contributed by atoms with Crippen molar-refractivity contribution in [2.45, 2.75) is 78.0 Å². The van der Waals surface area contributed by atoms with Crippen LogP contribution in [0, 0.1) is 11.8 Å². The van der Waals surface area contributed by atoms with Gasteiger partial charge in [0.15, 0.2) is 0 Å². The monoisotopic (exact) mass is 430 g/mol. The molecule has 0 aromatic heterocycles. The van der Waals surface area contributed by atoms with Crippen molar-refractivity contribution < 1.29 is 34.2 Å². The van der Waals surface area contributed by atoms with Crippen LogP contribution < -0.4 is 21.7 Å². The second-order valence-corrected chi connectivity index (χ2v) is 7.85. The minimum atomic E-state index is -1.51. The molecule has 3 amide bonds. The van der Waals surface area contributed by atoms with Gasteiger partial charge in [-0.15, -0.1) is 0 Å². The number of carbonyl (C=O) groups is 5. The molecular formula is C19H34N4O7. The lowest BCUT2D eigenvalue weighted by molar-refractivity contribution is -0.144. The lowest BCUT2D eigenvalue weighted by Crippen LogP contribution is -2.58. The van der Waals surface area contributed by atoms with Crippen LogP contribution in [0.3, 0.4) is 0 Å². The van der Waals surface area contributed by atoms with E-state index in [2.05, 4.69) is 16.0 Å². The maximum atomic E-state index is 12.7. The standard InChI is InChI=1S/C19H34N4O7/c1-6-10(4)15(19(29)30)23-18(28)13(8-14(24)25)22-17(27)12(7-9(2)3)21-16(26)11(5)20/h9-13,15H,6-8,20H2,1-5H3,(H,21,26)(H,22,27)(H,23,28)(H,24,25)(H,29,30).